The van der Waals surface area contributed by atoms with Gasteiger partial charge in [-0.25, -0.2) is 4.79 Å². The molecule has 0 bridgehead atoms. The molecule has 2 aliphatic carbocycles. The third-order valence-corrected chi connectivity index (χ3v) is 7.01. The van der Waals surface area contributed by atoms with Crippen LogP contribution in [0.2, 0.25) is 0 Å². The lowest BCUT2D eigenvalue weighted by molar-refractivity contribution is -0.118. The molecule has 2 atom stereocenters. The molecule has 206 valence electrons. The summed E-state index contributed by atoms with van der Waals surface area (Å²) >= 11 is 0. The van der Waals surface area contributed by atoms with Crippen LogP contribution in [0.3, 0.4) is 0 Å². The van der Waals surface area contributed by atoms with Gasteiger partial charge in [0.15, 0.2) is 12.4 Å². The highest BCUT2D eigenvalue weighted by molar-refractivity contribution is 5.92. The van der Waals surface area contributed by atoms with E-state index in [2.05, 4.69) is 25.8 Å². The van der Waals surface area contributed by atoms with E-state index in [1.807, 2.05) is 20.8 Å². The molecule has 2 saturated carbocycles. The number of benzene rings is 1. The van der Waals surface area contributed by atoms with Gasteiger partial charge in [-0.3, -0.25) is 14.9 Å². The maximum absolute atomic E-state index is 12.6. The predicted octanol–water partition coefficient (Wildman–Crippen LogP) is 4.27. The van der Waals surface area contributed by atoms with Crippen LogP contribution in [-0.2, 0) is 9.53 Å². The second kappa shape index (κ2) is 11.7. The molecule has 0 spiro atoms. The Balaban J connectivity index is 1.29. The number of aromatic amines is 1. The zero-order chi connectivity index (χ0) is 27.3. The Hall–Kier alpha value is -3.76. The highest BCUT2D eigenvalue weighted by Gasteiger charge is 2.36. The molecule has 4 rings (SSSR count). The van der Waals surface area contributed by atoms with Crippen molar-refractivity contribution in [3.63, 3.8) is 0 Å². The summed E-state index contributed by atoms with van der Waals surface area (Å²) in [5, 5.41) is 23.2. The van der Waals surface area contributed by atoms with E-state index in [0.717, 1.165) is 37.8 Å². The third kappa shape index (κ3) is 6.96. The molecule has 2 unspecified atom stereocenters. The van der Waals surface area contributed by atoms with Crippen molar-refractivity contribution in [2.24, 2.45) is 4.99 Å². The van der Waals surface area contributed by atoms with Crippen LogP contribution < -0.4 is 20.1 Å². The van der Waals surface area contributed by atoms with Crippen LogP contribution in [0.5, 0.6) is 17.2 Å². The summed E-state index contributed by atoms with van der Waals surface area (Å²) in [6, 6.07) is 4.86. The van der Waals surface area contributed by atoms with Gasteiger partial charge in [0, 0.05) is 47.6 Å². The maximum Gasteiger partial charge on any atom is 0.407 e. The molecule has 0 aliphatic heterocycles. The fourth-order valence-corrected chi connectivity index (χ4v) is 4.70. The number of aromatic hydroxyl groups is 1. The van der Waals surface area contributed by atoms with Gasteiger partial charge in [0.25, 0.3) is 5.91 Å². The Morgan fingerprint density at radius 2 is 2.08 bits per heavy atom. The van der Waals surface area contributed by atoms with Crippen molar-refractivity contribution >= 4 is 24.0 Å². The number of carbonyl (C=O) groups is 2. The van der Waals surface area contributed by atoms with Crippen LogP contribution in [0.4, 0.5) is 10.6 Å². The van der Waals surface area contributed by atoms with Crippen molar-refractivity contribution in [3.05, 3.63) is 29.5 Å². The monoisotopic (exact) mass is 527 g/mol. The summed E-state index contributed by atoms with van der Waals surface area (Å²) in [6.45, 7) is 5.57. The van der Waals surface area contributed by atoms with E-state index in [-0.39, 0.29) is 47.8 Å². The second-order valence-corrected chi connectivity index (χ2v) is 10.6. The highest BCUT2D eigenvalue weighted by atomic mass is 16.6. The Bertz CT molecular complexity index is 1170. The number of alkyl carbamates (subject to hydrolysis) is 1. The van der Waals surface area contributed by atoms with Crippen molar-refractivity contribution in [1.29, 1.82) is 0 Å². The van der Waals surface area contributed by atoms with Crippen LogP contribution in [0, 0.1) is 0 Å². The van der Waals surface area contributed by atoms with E-state index in [1.165, 1.54) is 19.4 Å². The van der Waals surface area contributed by atoms with Gasteiger partial charge in [-0.05, 0) is 59.3 Å². The molecule has 4 N–H and O–H groups in total. The molecule has 1 heterocycles. The number of phenols is 1. The minimum atomic E-state index is -0.411. The largest absolute Gasteiger partial charge is 0.507 e. The molecule has 1 aromatic heterocycles. The average molecular weight is 528 g/mol. The van der Waals surface area contributed by atoms with Gasteiger partial charge in [-0.15, -0.1) is 0 Å². The first-order valence-corrected chi connectivity index (χ1v) is 13.0. The standard InChI is InChI=1S/C27H37N5O6/c1-16(2)28-14-20-22(33)11-19(36-4)12-23(20)37-15-25(34)29-24-13-21(31-32-24)17-6-7-18(10-17)38-26(35)30-27(3)8-5-9-27/h11-14,16-18,33H,5-10,15H2,1-4H3,(H,30,35)(H2,29,31,32,34). The second-order valence-electron chi connectivity index (χ2n) is 10.6. The summed E-state index contributed by atoms with van der Waals surface area (Å²) in [5.41, 5.74) is 1.11. The number of amides is 2. The van der Waals surface area contributed by atoms with Crippen LogP contribution in [-0.4, -0.2) is 64.9 Å². The molecule has 11 nitrogen and oxygen atoms in total. The number of nitrogens with zero attached hydrogens (tertiary/aromatic N) is 2. The van der Waals surface area contributed by atoms with E-state index in [4.69, 9.17) is 14.2 Å². The molecule has 1 aromatic carbocycles. The SMILES string of the molecule is COc1cc(O)c(C=NC(C)C)c(OCC(=O)Nc2cc(C3CCC(OC(=O)NC4(C)CCC4)C3)[nH]n2)c1. The number of ether oxygens (including phenoxy) is 3. The van der Waals surface area contributed by atoms with E-state index in [9.17, 15) is 14.7 Å². The maximum atomic E-state index is 12.6. The van der Waals surface area contributed by atoms with Gasteiger partial charge in [-0.1, -0.05) is 0 Å². The number of H-pyrrole nitrogens is 1. The Morgan fingerprint density at radius 1 is 1.29 bits per heavy atom. The molecule has 0 radical (unpaired) electrons. The van der Waals surface area contributed by atoms with Crippen molar-refractivity contribution in [1.82, 2.24) is 15.5 Å². The van der Waals surface area contributed by atoms with Gasteiger partial charge < -0.3 is 30.0 Å². The Morgan fingerprint density at radius 3 is 2.76 bits per heavy atom. The lowest BCUT2D eigenvalue weighted by atomic mass is 9.79. The number of hydrogen-bond acceptors (Lipinski definition) is 8. The number of anilines is 1. The van der Waals surface area contributed by atoms with Gasteiger partial charge in [-0.2, -0.15) is 5.10 Å². The fourth-order valence-electron chi connectivity index (χ4n) is 4.70. The molecular formula is C27H37N5O6. The Labute approximate surface area is 222 Å². The first-order chi connectivity index (χ1) is 18.1. The summed E-state index contributed by atoms with van der Waals surface area (Å²) in [5.74, 6) is 0.731. The van der Waals surface area contributed by atoms with Gasteiger partial charge >= 0.3 is 6.09 Å². The molecular weight excluding hydrogens is 490 g/mol. The summed E-state index contributed by atoms with van der Waals surface area (Å²) in [4.78, 5) is 29.1. The van der Waals surface area contributed by atoms with Crippen LogP contribution in [0.1, 0.15) is 76.5 Å². The molecule has 11 heteroatoms. The molecule has 2 amide bonds. The molecule has 0 saturated heterocycles. The van der Waals surface area contributed by atoms with Gasteiger partial charge in [0.05, 0.1) is 12.7 Å². The predicted molar refractivity (Wildman–Crippen MR) is 142 cm³/mol. The lowest BCUT2D eigenvalue weighted by Gasteiger charge is -2.38. The van der Waals surface area contributed by atoms with E-state index in [1.54, 1.807) is 12.1 Å². The van der Waals surface area contributed by atoms with E-state index < -0.39 is 5.91 Å². The third-order valence-electron chi connectivity index (χ3n) is 7.01. The smallest absolute Gasteiger partial charge is 0.407 e. The quantitative estimate of drug-likeness (QED) is 0.337. The zero-order valence-corrected chi connectivity index (χ0v) is 22.4. The van der Waals surface area contributed by atoms with Gasteiger partial charge in [0.1, 0.15) is 23.4 Å². The van der Waals surface area contributed by atoms with Crippen LogP contribution >= 0.6 is 0 Å². The average Bonchev–Trinajstić information content (AvgIpc) is 3.50. The number of aliphatic imine (C=N–C) groups is 1. The molecule has 2 fully saturated rings. The lowest BCUT2D eigenvalue weighted by Crippen LogP contribution is -2.51. The number of methoxy groups -OCH3 is 1. The summed E-state index contributed by atoms with van der Waals surface area (Å²) < 4.78 is 16.5. The minimum absolute atomic E-state index is 0.0242. The van der Waals surface area contributed by atoms with E-state index >= 15 is 0 Å². The first kappa shape index (κ1) is 27.3. The number of carbonyl (C=O) groups excluding carboxylic acids is 2. The molecule has 2 aliphatic rings. The van der Waals surface area contributed by atoms with Gasteiger partial charge in [0.2, 0.25) is 0 Å². The zero-order valence-electron chi connectivity index (χ0n) is 22.4. The number of hydrogen-bond donors (Lipinski definition) is 4. The Kier molecular flexibility index (Phi) is 8.43. The molecule has 38 heavy (non-hydrogen) atoms. The van der Waals surface area contributed by atoms with Crippen LogP contribution in [0.15, 0.2) is 23.2 Å². The normalized spacial score (nSPS) is 20.2. The number of rotatable bonds is 10. The first-order valence-electron chi connectivity index (χ1n) is 13.0. The fraction of sp³-hybridized carbons (Fsp3) is 0.556. The molecule has 2 aromatic rings. The number of phenolic OH excluding ortho intramolecular Hbond substituents is 1. The summed E-state index contributed by atoms with van der Waals surface area (Å²) in [6.07, 6.45) is 6.45. The van der Waals surface area contributed by atoms with Crippen LogP contribution in [0.25, 0.3) is 0 Å². The number of nitrogens with one attached hydrogen (secondary N) is 3. The van der Waals surface area contributed by atoms with E-state index in [0.29, 0.717) is 23.6 Å². The highest BCUT2D eigenvalue weighted by Crippen LogP contribution is 2.37. The minimum Gasteiger partial charge on any atom is -0.507 e. The topological polar surface area (TPSA) is 147 Å². The van der Waals surface area contributed by atoms with Crippen molar-refractivity contribution in [2.45, 2.75) is 82.9 Å². The van der Waals surface area contributed by atoms with Crippen molar-refractivity contribution < 1.29 is 28.9 Å². The summed E-state index contributed by atoms with van der Waals surface area (Å²) in [7, 11) is 1.48. The number of aromatic nitrogens is 2. The van der Waals surface area contributed by atoms with Crippen molar-refractivity contribution in [2.75, 3.05) is 19.0 Å². The van der Waals surface area contributed by atoms with Crippen molar-refractivity contribution in [3.8, 4) is 17.2 Å².